The first-order chi connectivity index (χ1) is 61.5. The average Bonchev–Trinajstić information content (AvgIpc) is 1.64. The maximum atomic E-state index is 15.0. The van der Waals surface area contributed by atoms with E-state index in [1.807, 2.05) is 0 Å². The largest absolute Gasteiger partial charge is 0.508 e. The van der Waals surface area contributed by atoms with Gasteiger partial charge in [0.1, 0.15) is 84.3 Å². The zero-order chi connectivity index (χ0) is 97.7. The van der Waals surface area contributed by atoms with Gasteiger partial charge >= 0.3 is 11.9 Å². The Balaban J connectivity index is 2.60. The number of carbonyl (C=O) groups excluding carboxylic acids is 13. The van der Waals surface area contributed by atoms with Crippen LogP contribution in [0.5, 0.6) is 5.75 Å². The molecule has 0 bridgehead atoms. The smallest absolute Gasteiger partial charge is 0.326 e. The van der Waals surface area contributed by atoms with Crippen molar-refractivity contribution >= 4 is 119 Å². The molecule has 1 aliphatic heterocycles. The number of nitrogens with one attached hydrogen (secondary N) is 22. The number of unbranched alkanes of at least 4 members (excludes halogenated alkanes) is 2. The Hall–Kier alpha value is -12.8. The van der Waals surface area contributed by atoms with Crippen molar-refractivity contribution in [2.45, 2.75) is 260 Å². The van der Waals surface area contributed by atoms with Crippen molar-refractivity contribution in [3.63, 3.8) is 0 Å². The number of carboxylic acid groups (broad SMARTS) is 2. The Labute approximate surface area is 754 Å². The second kappa shape index (κ2) is 61.6. The number of carboxylic acids is 2. The number of aliphatic carboxylic acids is 2. The van der Waals surface area contributed by atoms with Crippen molar-refractivity contribution in [2.24, 2.45) is 57.7 Å². The molecule has 0 unspecified atom stereocenters. The third-order valence-electron chi connectivity index (χ3n) is 20.8. The van der Waals surface area contributed by atoms with Gasteiger partial charge in [-0.15, -0.1) is 0 Å². The van der Waals surface area contributed by atoms with Crippen molar-refractivity contribution in [1.29, 1.82) is 27.0 Å². The lowest BCUT2D eigenvalue weighted by atomic mass is 9.96. The maximum Gasteiger partial charge on any atom is 0.326 e. The van der Waals surface area contributed by atoms with Crippen molar-refractivity contribution in [1.82, 2.24) is 95.3 Å². The standard InChI is InChI=1S/C79H141N31O20/c1-5-43(4)60(109-66(121)51(28-29-59(114)115)102-63(118)48(19-11-33-94-76(85)86)99-62(117)47(18-10-32-93-75(83)84)98-61(116)46(82)16-6-8-30-80)72(127)106-54(38-42(2)3)67(122)107-56(40-111)69(124)101-49(20-12-34-95-77(87)88)64(119)103-52(22-14-36-97-79(91)92)73(128)110-37-15-23-58(110)71(126)108-57(41-112)70(125)105-55(39-44-24-26-45(113)27-25-44)68(123)100-50(21-13-35-96-78(89)90)65(120)104-53(74(129)130)17-7-9-31-81/h24-27,42-43,46-58,60,111-113H,5-23,28-41,80-82H2,1-4H3,(H,98,116)(H,99,117)(H,100,123)(H,101,124)(H,102,118)(H,103,119)(H,104,120)(H,105,125)(H,106,127)(H,107,122)(H,108,126)(H,109,121)(H,114,115)(H,129,130)(H4,83,84,93)(H4,85,86,94)(H4,87,88,95)(H4,89,90,96)(H4,91,92,97)/t43-,46-,47-,48-,49-,50-,51-,52-,53-,54-,55-,56-,57-,58-,60-/m0/s1. The minimum atomic E-state index is -1.91. The minimum absolute atomic E-state index is 0.00295. The van der Waals surface area contributed by atoms with Crippen molar-refractivity contribution in [3.8, 4) is 5.75 Å². The van der Waals surface area contributed by atoms with Crippen LogP contribution in [0.15, 0.2) is 24.3 Å². The Morgan fingerprint density at radius 1 is 0.415 bits per heavy atom. The van der Waals surface area contributed by atoms with E-state index in [4.69, 9.17) is 72.9 Å². The molecule has 1 saturated heterocycles. The van der Waals surface area contributed by atoms with E-state index < -0.39 is 235 Å². The van der Waals surface area contributed by atoms with Gasteiger partial charge in [-0.3, -0.25) is 94.2 Å². The van der Waals surface area contributed by atoms with Crippen LogP contribution in [0.2, 0.25) is 0 Å². The molecule has 51 heteroatoms. The van der Waals surface area contributed by atoms with E-state index >= 15 is 4.79 Å². The highest BCUT2D eigenvalue weighted by molar-refractivity contribution is 6.01. The predicted octanol–water partition coefficient (Wildman–Crippen LogP) is -9.33. The zero-order valence-electron chi connectivity index (χ0n) is 74.3. The number of aliphatic hydroxyl groups is 2. The van der Waals surface area contributed by atoms with Crippen molar-refractivity contribution in [3.05, 3.63) is 29.8 Å². The summed E-state index contributed by atoms with van der Waals surface area (Å²) in [4.78, 5) is 213. The first-order valence-electron chi connectivity index (χ1n) is 43.5. The molecule has 1 aromatic rings. The second-order valence-electron chi connectivity index (χ2n) is 32.0. The molecule has 1 fully saturated rings. The lowest BCUT2D eigenvalue weighted by Crippen LogP contribution is -2.62. The van der Waals surface area contributed by atoms with Gasteiger partial charge in [-0.1, -0.05) is 52.7 Å². The van der Waals surface area contributed by atoms with Crippen LogP contribution in [0.3, 0.4) is 0 Å². The third kappa shape index (κ3) is 44.8. The molecule has 0 radical (unpaired) electrons. The summed E-state index contributed by atoms with van der Waals surface area (Å²) in [5.41, 5.74) is 45.2. The first-order valence-corrected chi connectivity index (χ1v) is 43.5. The van der Waals surface area contributed by atoms with E-state index in [0.29, 0.717) is 37.8 Å². The fourth-order valence-corrected chi connectivity index (χ4v) is 13.5. The number of nitrogens with two attached hydrogens (primary N) is 8. The van der Waals surface area contributed by atoms with E-state index in [1.165, 1.54) is 24.3 Å². The van der Waals surface area contributed by atoms with Gasteiger partial charge in [-0.05, 0) is 165 Å². The lowest BCUT2D eigenvalue weighted by molar-refractivity contribution is -0.143. The molecular weight excluding hydrogens is 1700 g/mol. The molecule has 0 spiro atoms. The number of nitrogens with zero attached hydrogens (tertiary/aromatic N) is 1. The molecule has 43 N–H and O–H groups in total. The predicted molar refractivity (Wildman–Crippen MR) is 477 cm³/mol. The molecular formula is C79H141N31O20. The van der Waals surface area contributed by atoms with Crippen molar-refractivity contribution in [2.75, 3.05) is 65.6 Å². The van der Waals surface area contributed by atoms with Crippen LogP contribution < -0.4 is 136 Å². The summed E-state index contributed by atoms with van der Waals surface area (Å²) in [5.74, 6) is -19.2. The Bertz CT molecular complexity index is 3910. The van der Waals surface area contributed by atoms with Gasteiger partial charge in [0.05, 0.1) is 19.3 Å². The van der Waals surface area contributed by atoms with Crippen LogP contribution in [0.25, 0.3) is 0 Å². The Kier molecular flexibility index (Phi) is 53.7. The fraction of sp³-hybridized carbons (Fsp3) is 0.671. The SMILES string of the molecule is CC[C@H](C)[C@H](NC(=O)[C@H](CCC(=O)O)NC(=O)[C@H](CCCNC(=N)N)NC(=O)[C@H](CCCNC(=N)N)NC(=O)[C@@H](N)CCCCN)C(=O)N[C@@H](CC(C)C)C(=O)N[C@@H](CO)C(=O)N[C@@H](CCCNC(=N)N)C(=O)N[C@@H](CCCNC(=N)N)C(=O)N1CCC[C@H]1C(=O)N[C@@H](CO)C(=O)N[C@@H](Cc1ccc(O)cc1)C(=O)N[C@@H](CCCNC(=N)N)C(=O)N[C@@H](CCCCN)C(=O)O. The van der Waals surface area contributed by atoms with Gasteiger partial charge in [0.25, 0.3) is 0 Å². The molecule has 13 amide bonds. The molecule has 0 saturated carbocycles. The van der Waals surface area contributed by atoms with Crippen LogP contribution in [-0.2, 0) is 78.3 Å². The number of aromatic hydroxyl groups is 1. The number of guanidine groups is 5. The first kappa shape index (κ1) is 113. The number of phenolic OH excluding ortho intramolecular Hbond substituents is 1. The molecule has 51 nitrogen and oxygen atoms in total. The van der Waals surface area contributed by atoms with Crippen LogP contribution in [0.4, 0.5) is 0 Å². The average molecular weight is 1850 g/mol. The number of likely N-dealkylation sites (tertiary alicyclic amines) is 1. The van der Waals surface area contributed by atoms with Gasteiger partial charge in [0, 0.05) is 52.1 Å². The van der Waals surface area contributed by atoms with Gasteiger partial charge in [-0.25, -0.2) is 4.79 Å². The molecule has 0 aliphatic carbocycles. The Morgan fingerprint density at radius 2 is 0.754 bits per heavy atom. The van der Waals surface area contributed by atoms with E-state index in [1.54, 1.807) is 27.7 Å². The molecule has 130 heavy (non-hydrogen) atoms. The lowest BCUT2D eigenvalue weighted by Gasteiger charge is -2.31. The molecule has 15 atom stereocenters. The summed E-state index contributed by atoms with van der Waals surface area (Å²) < 4.78 is 0. The molecule has 2 rings (SSSR count). The maximum absolute atomic E-state index is 15.0. The Morgan fingerprint density at radius 3 is 1.15 bits per heavy atom. The van der Waals surface area contributed by atoms with Gasteiger partial charge in [-0.2, -0.15) is 0 Å². The molecule has 732 valence electrons. The van der Waals surface area contributed by atoms with E-state index in [9.17, 15) is 92.7 Å². The molecule has 1 heterocycles. The highest BCUT2D eigenvalue weighted by Gasteiger charge is 2.42. The van der Waals surface area contributed by atoms with Crippen LogP contribution in [0, 0.1) is 38.9 Å². The van der Waals surface area contributed by atoms with Gasteiger partial charge < -0.3 is 167 Å². The fourth-order valence-electron chi connectivity index (χ4n) is 13.5. The summed E-state index contributed by atoms with van der Waals surface area (Å²) in [6, 6.07) is -16.2. The number of amides is 13. The zero-order valence-corrected chi connectivity index (χ0v) is 74.3. The number of benzene rings is 1. The number of hydrogen-bond acceptors (Lipinski definition) is 26. The quantitative estimate of drug-likeness (QED) is 0.0164. The summed E-state index contributed by atoms with van der Waals surface area (Å²) in [5, 5.41) is 133. The summed E-state index contributed by atoms with van der Waals surface area (Å²) >= 11 is 0. The highest BCUT2D eigenvalue weighted by Crippen LogP contribution is 2.22. The highest BCUT2D eigenvalue weighted by atomic mass is 16.4. The van der Waals surface area contributed by atoms with Crippen LogP contribution >= 0.6 is 0 Å². The molecule has 0 aromatic heterocycles. The molecule has 1 aromatic carbocycles. The van der Waals surface area contributed by atoms with E-state index in [0.717, 1.165) is 4.90 Å². The van der Waals surface area contributed by atoms with Gasteiger partial charge in [0.15, 0.2) is 29.8 Å². The summed E-state index contributed by atoms with van der Waals surface area (Å²) in [6.07, 6.45) is -0.194. The van der Waals surface area contributed by atoms with Gasteiger partial charge in [0.2, 0.25) is 76.8 Å². The normalized spacial score (nSPS) is 15.4. The summed E-state index contributed by atoms with van der Waals surface area (Å²) in [7, 11) is 0. The van der Waals surface area contributed by atoms with Crippen LogP contribution in [-0.4, -0.2) is 299 Å². The number of phenols is 1. The number of hydrogen-bond donors (Lipinski definition) is 35. The topological polar surface area (TPSA) is 892 Å². The number of carbonyl (C=O) groups is 15. The van der Waals surface area contributed by atoms with Crippen LogP contribution in [0.1, 0.15) is 175 Å². The second-order valence-corrected chi connectivity index (χ2v) is 32.0. The summed E-state index contributed by atoms with van der Waals surface area (Å²) in [6.45, 7) is 4.79. The van der Waals surface area contributed by atoms with Crippen molar-refractivity contribution < 1.29 is 97.5 Å². The number of aliphatic hydroxyl groups excluding tert-OH is 2. The number of rotatable bonds is 65. The van der Waals surface area contributed by atoms with E-state index in [2.05, 4.69) is 90.4 Å². The molecule has 1 aliphatic rings. The van der Waals surface area contributed by atoms with E-state index in [-0.39, 0.29) is 167 Å². The minimum Gasteiger partial charge on any atom is -0.508 e. The monoisotopic (exact) mass is 1840 g/mol. The third-order valence-corrected chi connectivity index (χ3v) is 20.8.